The van der Waals surface area contributed by atoms with Crippen LogP contribution in [-0.4, -0.2) is 37.6 Å². The fraction of sp³-hybridized carbons (Fsp3) is 1.00. The third kappa shape index (κ3) is 7.24. The highest BCUT2D eigenvalue weighted by molar-refractivity contribution is 4.75. The van der Waals surface area contributed by atoms with Gasteiger partial charge in [0.2, 0.25) is 0 Å². The van der Waals surface area contributed by atoms with Crippen molar-refractivity contribution in [3.05, 3.63) is 0 Å². The normalized spacial score (nSPS) is 14.4. The van der Waals surface area contributed by atoms with Gasteiger partial charge >= 0.3 is 0 Å². The quantitative estimate of drug-likeness (QED) is 0.687. The number of hydrogen-bond donors (Lipinski definition) is 1. The van der Waals surface area contributed by atoms with Gasteiger partial charge in [0.25, 0.3) is 0 Å². The van der Waals surface area contributed by atoms with Crippen LogP contribution in [0.25, 0.3) is 0 Å². The highest BCUT2D eigenvalue weighted by Gasteiger charge is 2.18. The largest absolute Gasteiger partial charge is 0.315 e. The molecule has 2 nitrogen and oxygen atoms in total. The van der Waals surface area contributed by atoms with Crippen LogP contribution in [0.4, 0.5) is 0 Å². The zero-order valence-electron chi connectivity index (χ0n) is 12.4. The van der Waals surface area contributed by atoms with E-state index in [0.717, 1.165) is 24.9 Å². The van der Waals surface area contributed by atoms with Gasteiger partial charge in [-0.25, -0.2) is 0 Å². The van der Waals surface area contributed by atoms with Gasteiger partial charge in [0, 0.05) is 19.1 Å². The summed E-state index contributed by atoms with van der Waals surface area (Å²) in [5, 5.41) is 3.58. The van der Waals surface area contributed by atoms with E-state index >= 15 is 0 Å². The summed E-state index contributed by atoms with van der Waals surface area (Å²) in [7, 11) is 2.25. The van der Waals surface area contributed by atoms with Gasteiger partial charge in [0.15, 0.2) is 0 Å². The van der Waals surface area contributed by atoms with E-state index in [2.05, 4.69) is 58.8 Å². The molecule has 0 aliphatic heterocycles. The summed E-state index contributed by atoms with van der Waals surface area (Å²) in [6, 6.07) is 0.654. The average Bonchev–Trinajstić information content (AvgIpc) is 2.09. The maximum Gasteiger partial charge on any atom is 0.0240 e. The average molecular weight is 228 g/mol. The molecule has 1 atom stereocenters. The van der Waals surface area contributed by atoms with Crippen molar-refractivity contribution in [1.82, 2.24) is 10.2 Å². The van der Waals surface area contributed by atoms with Gasteiger partial charge in [-0.05, 0) is 31.3 Å². The Labute approximate surface area is 103 Å². The molecule has 0 aliphatic rings. The first-order valence-corrected chi connectivity index (χ1v) is 6.75. The lowest BCUT2D eigenvalue weighted by molar-refractivity contribution is 0.168. The zero-order chi connectivity index (χ0) is 12.7. The summed E-state index contributed by atoms with van der Waals surface area (Å²) >= 11 is 0. The molecule has 0 fully saturated rings. The van der Waals surface area contributed by atoms with Crippen molar-refractivity contribution in [2.24, 2.45) is 17.8 Å². The van der Waals surface area contributed by atoms with Gasteiger partial charge in [-0.2, -0.15) is 0 Å². The molecule has 98 valence electrons. The third-order valence-corrected chi connectivity index (χ3v) is 2.89. The minimum Gasteiger partial charge on any atom is -0.315 e. The Kier molecular flexibility index (Phi) is 8.04. The Bertz CT molecular complexity index is 164. The molecular weight excluding hydrogens is 196 g/mol. The third-order valence-electron chi connectivity index (χ3n) is 2.89. The molecule has 0 heterocycles. The number of rotatable bonds is 8. The second-order valence-electron chi connectivity index (χ2n) is 6.20. The van der Waals surface area contributed by atoms with Crippen LogP contribution in [0.2, 0.25) is 0 Å². The van der Waals surface area contributed by atoms with Crippen molar-refractivity contribution in [1.29, 1.82) is 0 Å². The van der Waals surface area contributed by atoms with Crippen LogP contribution in [0.3, 0.4) is 0 Å². The van der Waals surface area contributed by atoms with Crippen LogP contribution >= 0.6 is 0 Å². The Hall–Kier alpha value is -0.0800. The molecule has 16 heavy (non-hydrogen) atoms. The van der Waals surface area contributed by atoms with E-state index in [0.29, 0.717) is 12.0 Å². The molecule has 0 bridgehead atoms. The number of nitrogens with one attached hydrogen (secondary N) is 1. The summed E-state index contributed by atoms with van der Waals surface area (Å²) in [5.41, 5.74) is 0. The molecule has 0 spiro atoms. The molecule has 2 heteroatoms. The van der Waals surface area contributed by atoms with Crippen molar-refractivity contribution < 1.29 is 0 Å². The number of hydrogen-bond acceptors (Lipinski definition) is 2. The lowest BCUT2D eigenvalue weighted by Gasteiger charge is -2.33. The minimum absolute atomic E-state index is 0.654. The highest BCUT2D eigenvalue weighted by atomic mass is 15.2. The van der Waals surface area contributed by atoms with Gasteiger partial charge in [0.1, 0.15) is 0 Å². The molecule has 0 aromatic rings. The molecule has 1 unspecified atom stereocenters. The monoisotopic (exact) mass is 228 g/mol. The lowest BCUT2D eigenvalue weighted by Crippen LogP contribution is -2.45. The summed E-state index contributed by atoms with van der Waals surface area (Å²) in [5.74, 6) is 2.20. The van der Waals surface area contributed by atoms with Gasteiger partial charge in [-0.3, -0.25) is 0 Å². The number of nitrogens with zero attached hydrogens (tertiary/aromatic N) is 1. The lowest BCUT2D eigenvalue weighted by atomic mass is 10.0. The van der Waals surface area contributed by atoms with E-state index in [9.17, 15) is 0 Å². The van der Waals surface area contributed by atoms with Crippen LogP contribution in [0.5, 0.6) is 0 Å². The zero-order valence-corrected chi connectivity index (χ0v) is 12.4. The van der Waals surface area contributed by atoms with Crippen LogP contribution in [0.1, 0.15) is 41.5 Å². The highest BCUT2D eigenvalue weighted by Crippen LogP contribution is 2.10. The summed E-state index contributed by atoms with van der Waals surface area (Å²) in [6.07, 6.45) is 0. The van der Waals surface area contributed by atoms with Crippen molar-refractivity contribution in [2.45, 2.75) is 47.6 Å². The molecular formula is C14H32N2. The molecule has 0 aliphatic carbocycles. The predicted octanol–water partition coefficient (Wildman–Crippen LogP) is 2.84. The molecule has 1 N–H and O–H groups in total. The van der Waals surface area contributed by atoms with Gasteiger partial charge in [-0.15, -0.1) is 0 Å². The van der Waals surface area contributed by atoms with Crippen LogP contribution in [0.15, 0.2) is 0 Å². The molecule has 0 aromatic heterocycles. The van der Waals surface area contributed by atoms with E-state index in [1.165, 1.54) is 6.54 Å². The second kappa shape index (κ2) is 8.08. The minimum atomic E-state index is 0.654. The van der Waals surface area contributed by atoms with E-state index in [1.807, 2.05) is 0 Å². The van der Waals surface area contributed by atoms with Crippen LogP contribution in [-0.2, 0) is 0 Å². The van der Waals surface area contributed by atoms with Crippen LogP contribution < -0.4 is 5.32 Å². The van der Waals surface area contributed by atoms with Gasteiger partial charge in [-0.1, -0.05) is 41.5 Å². The van der Waals surface area contributed by atoms with E-state index in [-0.39, 0.29) is 0 Å². The fourth-order valence-corrected chi connectivity index (χ4v) is 2.13. The summed E-state index contributed by atoms with van der Waals surface area (Å²) in [4.78, 5) is 2.50. The molecule has 0 saturated heterocycles. The molecule has 0 amide bonds. The van der Waals surface area contributed by atoms with E-state index in [1.54, 1.807) is 0 Å². The van der Waals surface area contributed by atoms with E-state index < -0.39 is 0 Å². The molecule has 0 saturated carbocycles. The summed E-state index contributed by atoms with van der Waals surface area (Å²) in [6.45, 7) is 17.1. The standard InChI is InChI=1S/C14H32N2/c1-11(2)8-15-9-14(13(5)6)16(7)10-12(3)4/h11-15H,8-10H2,1-7H3. The van der Waals surface area contributed by atoms with Crippen molar-refractivity contribution in [2.75, 3.05) is 26.7 Å². The number of likely N-dealkylation sites (N-methyl/N-ethyl adjacent to an activating group) is 1. The molecule has 0 aromatic carbocycles. The van der Waals surface area contributed by atoms with E-state index in [4.69, 9.17) is 0 Å². The first-order chi connectivity index (χ1) is 7.34. The van der Waals surface area contributed by atoms with Crippen LogP contribution in [0, 0.1) is 17.8 Å². The van der Waals surface area contributed by atoms with Crippen molar-refractivity contribution >= 4 is 0 Å². The maximum atomic E-state index is 3.58. The molecule has 0 rings (SSSR count). The predicted molar refractivity (Wildman–Crippen MR) is 73.8 cm³/mol. The second-order valence-corrected chi connectivity index (χ2v) is 6.20. The van der Waals surface area contributed by atoms with Gasteiger partial charge in [0.05, 0.1) is 0 Å². The SMILES string of the molecule is CC(C)CNCC(C(C)C)N(C)CC(C)C. The first-order valence-electron chi connectivity index (χ1n) is 6.75. The Morgan fingerprint density at radius 2 is 1.44 bits per heavy atom. The van der Waals surface area contributed by atoms with Gasteiger partial charge < -0.3 is 10.2 Å². The van der Waals surface area contributed by atoms with Crippen molar-refractivity contribution in [3.8, 4) is 0 Å². The Balaban J connectivity index is 4.05. The Morgan fingerprint density at radius 1 is 0.875 bits per heavy atom. The first kappa shape index (κ1) is 15.9. The fourth-order valence-electron chi connectivity index (χ4n) is 2.13. The molecule has 0 radical (unpaired) electrons. The maximum absolute atomic E-state index is 3.58. The van der Waals surface area contributed by atoms with Crippen molar-refractivity contribution in [3.63, 3.8) is 0 Å². The Morgan fingerprint density at radius 3 is 1.81 bits per heavy atom. The summed E-state index contributed by atoms with van der Waals surface area (Å²) < 4.78 is 0. The topological polar surface area (TPSA) is 15.3 Å². The smallest absolute Gasteiger partial charge is 0.0240 e.